The lowest BCUT2D eigenvalue weighted by Gasteiger charge is -2.25. The molecule has 0 radical (unpaired) electrons. The number of carboxylic acid groups (broad SMARTS) is 1. The summed E-state index contributed by atoms with van der Waals surface area (Å²) < 4.78 is 0. The number of para-hydroxylation sites is 1. The molecule has 0 saturated heterocycles. The van der Waals surface area contributed by atoms with Crippen molar-refractivity contribution < 1.29 is 33.9 Å². The number of hydrogen-bond acceptors (Lipinski definition) is 8. The van der Waals surface area contributed by atoms with E-state index in [4.69, 9.17) is 17.2 Å². The first-order valence-corrected chi connectivity index (χ1v) is 13.8. The number of benzene rings is 1. The number of thioether (sulfide) groups is 1. The summed E-state index contributed by atoms with van der Waals surface area (Å²) in [6.45, 7) is 0. The molecule has 1 heterocycles. The molecule has 0 fully saturated rings. The summed E-state index contributed by atoms with van der Waals surface area (Å²) in [4.78, 5) is 76.2. The fourth-order valence-electron chi connectivity index (χ4n) is 3.89. The van der Waals surface area contributed by atoms with Crippen LogP contribution in [0.4, 0.5) is 0 Å². The van der Waals surface area contributed by atoms with Gasteiger partial charge in [-0.3, -0.25) is 24.0 Å². The molecule has 0 aliphatic carbocycles. The van der Waals surface area contributed by atoms with Crippen LogP contribution in [0.5, 0.6) is 0 Å². The van der Waals surface area contributed by atoms with E-state index in [1.54, 1.807) is 12.5 Å². The smallest absolute Gasteiger partial charge is 0.326 e. The number of amides is 5. The van der Waals surface area contributed by atoms with Crippen LogP contribution in [-0.2, 0) is 35.2 Å². The SMILES string of the molecule is CSCCC(NC(=O)C(Cc1c[nH]c2ccccc12)NC(=O)C(N)CCC(N)=O)C(=O)NC(CC(N)=O)C(=O)O. The Balaban J connectivity index is 2.28. The van der Waals surface area contributed by atoms with Crippen molar-refractivity contribution >= 4 is 58.2 Å². The molecular formula is C25H35N7O7S. The van der Waals surface area contributed by atoms with Crippen LogP contribution in [0, 0.1) is 0 Å². The lowest BCUT2D eigenvalue weighted by molar-refractivity contribution is -0.143. The molecule has 4 unspecified atom stereocenters. The first kappa shape index (κ1) is 32.1. The highest BCUT2D eigenvalue weighted by atomic mass is 32.2. The maximum atomic E-state index is 13.5. The highest BCUT2D eigenvalue weighted by molar-refractivity contribution is 7.98. The van der Waals surface area contributed by atoms with E-state index in [0.717, 1.165) is 10.9 Å². The Bertz CT molecular complexity index is 1240. The van der Waals surface area contributed by atoms with Gasteiger partial charge in [-0.15, -0.1) is 0 Å². The van der Waals surface area contributed by atoms with E-state index >= 15 is 0 Å². The van der Waals surface area contributed by atoms with Crippen LogP contribution in [0.1, 0.15) is 31.2 Å². The van der Waals surface area contributed by atoms with Gasteiger partial charge in [0.2, 0.25) is 29.5 Å². The molecule has 5 amide bonds. The third kappa shape index (κ3) is 9.89. The summed E-state index contributed by atoms with van der Waals surface area (Å²) in [6, 6.07) is 2.29. The van der Waals surface area contributed by atoms with Crippen molar-refractivity contribution in [1.82, 2.24) is 20.9 Å². The van der Waals surface area contributed by atoms with Crippen molar-refractivity contribution in [2.75, 3.05) is 12.0 Å². The van der Waals surface area contributed by atoms with Gasteiger partial charge in [-0.2, -0.15) is 11.8 Å². The van der Waals surface area contributed by atoms with Crippen LogP contribution >= 0.6 is 11.8 Å². The largest absolute Gasteiger partial charge is 0.480 e. The molecule has 1 aromatic carbocycles. The molecule has 2 rings (SSSR count). The Hall–Kier alpha value is -4.11. The number of H-pyrrole nitrogens is 1. The van der Waals surface area contributed by atoms with Gasteiger partial charge in [-0.05, 0) is 36.5 Å². The Labute approximate surface area is 234 Å². The maximum absolute atomic E-state index is 13.5. The molecule has 14 nitrogen and oxygen atoms in total. The highest BCUT2D eigenvalue weighted by Gasteiger charge is 2.31. The number of carbonyl (C=O) groups excluding carboxylic acids is 5. The molecular weight excluding hydrogens is 542 g/mol. The minimum Gasteiger partial charge on any atom is -0.480 e. The Morgan fingerprint density at radius 1 is 0.900 bits per heavy atom. The number of aliphatic carboxylic acids is 1. The molecule has 15 heteroatoms. The normalized spacial score (nSPS) is 13.9. The van der Waals surface area contributed by atoms with E-state index < -0.39 is 66.1 Å². The standard InChI is InChI=1S/C25H35N7O7S/c1-40-9-8-17(23(36)32-19(25(38)39)11-21(28)34)30-24(37)18(31-22(35)15(26)6-7-20(27)33)10-13-12-29-16-5-3-2-4-14(13)16/h2-5,12,15,17-19,29H,6-11,26H2,1H3,(H2,27,33)(H2,28,34)(H,30,37)(H,31,35)(H,32,36)(H,38,39). The third-order valence-corrected chi connectivity index (χ3v) is 6.68. The molecule has 0 spiro atoms. The number of aromatic amines is 1. The summed E-state index contributed by atoms with van der Waals surface area (Å²) in [6.07, 6.45) is 2.86. The molecule has 0 bridgehead atoms. The topological polar surface area (TPSA) is 253 Å². The number of primary amides is 2. The summed E-state index contributed by atoms with van der Waals surface area (Å²) in [7, 11) is 0. The molecule has 40 heavy (non-hydrogen) atoms. The van der Waals surface area contributed by atoms with Crippen molar-refractivity contribution in [3.63, 3.8) is 0 Å². The zero-order chi connectivity index (χ0) is 29.8. The second kappa shape index (κ2) is 15.5. The molecule has 2 aromatic rings. The van der Waals surface area contributed by atoms with E-state index in [9.17, 15) is 33.9 Å². The molecule has 0 saturated carbocycles. The van der Waals surface area contributed by atoms with E-state index in [1.807, 2.05) is 24.3 Å². The average molecular weight is 578 g/mol. The number of nitrogens with one attached hydrogen (secondary N) is 4. The first-order valence-electron chi connectivity index (χ1n) is 12.4. The number of nitrogens with two attached hydrogens (primary N) is 3. The van der Waals surface area contributed by atoms with Gasteiger partial charge in [0.15, 0.2) is 0 Å². The minimum atomic E-state index is -1.58. The van der Waals surface area contributed by atoms with Gasteiger partial charge in [0.1, 0.15) is 18.1 Å². The van der Waals surface area contributed by atoms with E-state index in [2.05, 4.69) is 20.9 Å². The van der Waals surface area contributed by atoms with Gasteiger partial charge in [0, 0.05) is 29.9 Å². The third-order valence-electron chi connectivity index (χ3n) is 6.03. The van der Waals surface area contributed by atoms with E-state index in [1.165, 1.54) is 11.8 Å². The average Bonchev–Trinajstić information content (AvgIpc) is 3.30. The molecule has 11 N–H and O–H groups in total. The van der Waals surface area contributed by atoms with Crippen LogP contribution in [-0.4, -0.2) is 81.8 Å². The molecule has 1 aromatic heterocycles. The fourth-order valence-corrected chi connectivity index (χ4v) is 4.36. The summed E-state index contributed by atoms with van der Waals surface area (Å²) in [5.41, 5.74) is 17.6. The number of rotatable bonds is 17. The molecule has 4 atom stereocenters. The second-order valence-electron chi connectivity index (χ2n) is 9.15. The van der Waals surface area contributed by atoms with Crippen molar-refractivity contribution in [2.45, 2.75) is 56.3 Å². The van der Waals surface area contributed by atoms with Gasteiger partial charge < -0.3 is 43.2 Å². The van der Waals surface area contributed by atoms with Gasteiger partial charge >= 0.3 is 5.97 Å². The van der Waals surface area contributed by atoms with Crippen LogP contribution in [0.2, 0.25) is 0 Å². The Morgan fingerprint density at radius 2 is 1.52 bits per heavy atom. The second-order valence-corrected chi connectivity index (χ2v) is 10.1. The highest BCUT2D eigenvalue weighted by Crippen LogP contribution is 2.19. The Morgan fingerprint density at radius 3 is 2.15 bits per heavy atom. The summed E-state index contributed by atoms with van der Waals surface area (Å²) >= 11 is 1.40. The van der Waals surface area contributed by atoms with E-state index in [-0.39, 0.29) is 25.7 Å². The minimum absolute atomic E-state index is 0.0282. The summed E-state index contributed by atoms with van der Waals surface area (Å²) in [5, 5.41) is 17.6. The number of aromatic nitrogens is 1. The predicted molar refractivity (Wildman–Crippen MR) is 149 cm³/mol. The van der Waals surface area contributed by atoms with Crippen LogP contribution in [0.3, 0.4) is 0 Å². The lowest BCUT2D eigenvalue weighted by atomic mass is 10.0. The maximum Gasteiger partial charge on any atom is 0.326 e. The zero-order valence-corrected chi connectivity index (χ0v) is 22.8. The number of carbonyl (C=O) groups is 6. The van der Waals surface area contributed by atoms with Gasteiger partial charge in [-0.25, -0.2) is 4.79 Å². The van der Waals surface area contributed by atoms with Crippen molar-refractivity contribution in [3.8, 4) is 0 Å². The van der Waals surface area contributed by atoms with Crippen molar-refractivity contribution in [2.24, 2.45) is 17.2 Å². The Kier molecular flexibility index (Phi) is 12.4. The molecule has 0 aliphatic heterocycles. The van der Waals surface area contributed by atoms with Crippen LogP contribution < -0.4 is 33.2 Å². The molecule has 0 aliphatic rings. The first-order chi connectivity index (χ1) is 18.9. The van der Waals surface area contributed by atoms with Crippen LogP contribution in [0.15, 0.2) is 30.5 Å². The van der Waals surface area contributed by atoms with Crippen molar-refractivity contribution in [1.29, 1.82) is 0 Å². The fraction of sp³-hybridized carbons (Fsp3) is 0.440. The monoisotopic (exact) mass is 577 g/mol. The molecule has 218 valence electrons. The lowest BCUT2D eigenvalue weighted by Crippen LogP contribution is -2.58. The number of fused-ring (bicyclic) bond motifs is 1. The van der Waals surface area contributed by atoms with Gasteiger partial charge in [-0.1, -0.05) is 18.2 Å². The predicted octanol–water partition coefficient (Wildman–Crippen LogP) is -1.53. The van der Waals surface area contributed by atoms with Gasteiger partial charge in [0.25, 0.3) is 0 Å². The van der Waals surface area contributed by atoms with Crippen molar-refractivity contribution in [3.05, 3.63) is 36.0 Å². The van der Waals surface area contributed by atoms with Crippen LogP contribution in [0.25, 0.3) is 10.9 Å². The van der Waals surface area contributed by atoms with E-state index in [0.29, 0.717) is 11.3 Å². The summed E-state index contributed by atoms with van der Waals surface area (Å²) in [5.74, 6) is -4.82. The quantitative estimate of drug-likeness (QED) is 0.108. The van der Waals surface area contributed by atoms with Gasteiger partial charge in [0.05, 0.1) is 12.5 Å². The zero-order valence-electron chi connectivity index (χ0n) is 22.0. The number of carboxylic acids is 1. The number of hydrogen-bond donors (Lipinski definition) is 8.